The number of rotatable bonds is 3. The van der Waals surface area contributed by atoms with Crippen LogP contribution in [0.3, 0.4) is 0 Å². The summed E-state index contributed by atoms with van der Waals surface area (Å²) >= 11 is 0. The molecule has 9 heavy (non-hydrogen) atoms. The molecule has 0 aliphatic carbocycles. The third kappa shape index (κ3) is 7.18. The summed E-state index contributed by atoms with van der Waals surface area (Å²) in [7, 11) is -2.28. The molecule has 0 rings (SSSR count). The summed E-state index contributed by atoms with van der Waals surface area (Å²) in [6.07, 6.45) is 3.25. The maximum Gasteiger partial charge on any atom is 0.140 e. The van der Waals surface area contributed by atoms with Gasteiger partial charge in [-0.2, -0.15) is 5.26 Å². The van der Waals surface area contributed by atoms with Crippen molar-refractivity contribution in [2.24, 2.45) is 0 Å². The van der Waals surface area contributed by atoms with E-state index < -0.39 is 10.7 Å². The summed E-state index contributed by atoms with van der Waals surface area (Å²) in [6, 6.07) is 1.76. The molecule has 0 atom stereocenters. The zero-order valence-corrected chi connectivity index (χ0v) is 5.67. The van der Waals surface area contributed by atoms with Crippen LogP contribution in [0.5, 0.6) is 0 Å². The molecule has 0 N–H and O–H groups in total. The third-order valence-electron chi connectivity index (χ3n) is 0.671. The first kappa shape index (κ1) is 8.18. The molecule has 0 aliphatic rings. The van der Waals surface area contributed by atoms with Crippen molar-refractivity contribution in [1.29, 1.82) is 5.26 Å². The number of hydrogen-bond acceptors (Lipinski definition) is 3. The molecule has 4 heteroatoms. The SMILES string of the molecule is N#CC=CCC[SH](=O)=O. The van der Waals surface area contributed by atoms with Gasteiger partial charge < -0.3 is 0 Å². The minimum Gasteiger partial charge on any atom is -0.232 e. The predicted molar refractivity (Wildman–Crippen MR) is 34.6 cm³/mol. The Morgan fingerprint density at radius 1 is 1.56 bits per heavy atom. The van der Waals surface area contributed by atoms with Crippen molar-refractivity contribution < 1.29 is 8.42 Å². The number of allylic oxidation sites excluding steroid dienone is 2. The van der Waals surface area contributed by atoms with Crippen LogP contribution in [0.2, 0.25) is 0 Å². The van der Waals surface area contributed by atoms with E-state index in [9.17, 15) is 8.42 Å². The highest BCUT2D eigenvalue weighted by molar-refractivity contribution is 7.72. The largest absolute Gasteiger partial charge is 0.232 e. The Kier molecular flexibility index (Phi) is 4.83. The van der Waals surface area contributed by atoms with Gasteiger partial charge in [0.25, 0.3) is 0 Å². The molecule has 0 aliphatic heterocycles. The molecule has 50 valence electrons. The van der Waals surface area contributed by atoms with Gasteiger partial charge in [0.2, 0.25) is 0 Å². The number of thiol groups is 1. The van der Waals surface area contributed by atoms with E-state index in [2.05, 4.69) is 0 Å². The summed E-state index contributed by atoms with van der Waals surface area (Å²) in [5, 5.41) is 7.94. The van der Waals surface area contributed by atoms with Crippen molar-refractivity contribution in [2.75, 3.05) is 5.75 Å². The molecule has 0 saturated carbocycles. The van der Waals surface area contributed by atoms with Gasteiger partial charge in [0.05, 0.1) is 11.8 Å². The van der Waals surface area contributed by atoms with Crippen molar-refractivity contribution in [1.82, 2.24) is 0 Å². The minimum atomic E-state index is -2.28. The standard InChI is InChI=1S/C5H7NO2S/c6-4-2-1-3-5-9(7)8/h1-2,9H,3,5H2. The van der Waals surface area contributed by atoms with E-state index in [0.717, 1.165) is 0 Å². The van der Waals surface area contributed by atoms with Crippen molar-refractivity contribution >= 4 is 10.7 Å². The van der Waals surface area contributed by atoms with Crippen molar-refractivity contribution in [2.45, 2.75) is 6.42 Å². The van der Waals surface area contributed by atoms with Crippen LogP contribution in [-0.4, -0.2) is 14.2 Å². The van der Waals surface area contributed by atoms with Gasteiger partial charge in [-0.3, -0.25) is 0 Å². The molecule has 0 heterocycles. The van der Waals surface area contributed by atoms with Gasteiger partial charge in [0.15, 0.2) is 0 Å². The number of nitrogens with zero attached hydrogens (tertiary/aromatic N) is 1. The molecule has 0 unspecified atom stereocenters. The molecule has 0 fully saturated rings. The van der Waals surface area contributed by atoms with Gasteiger partial charge in [-0.1, -0.05) is 6.08 Å². The lowest BCUT2D eigenvalue weighted by atomic mass is 10.4. The highest BCUT2D eigenvalue weighted by atomic mass is 32.2. The lowest BCUT2D eigenvalue weighted by molar-refractivity contribution is 0.614. The summed E-state index contributed by atoms with van der Waals surface area (Å²) in [5.74, 6) is 0.132. The number of nitriles is 1. The van der Waals surface area contributed by atoms with E-state index in [1.165, 1.54) is 12.2 Å². The van der Waals surface area contributed by atoms with Crippen LogP contribution in [0.4, 0.5) is 0 Å². The van der Waals surface area contributed by atoms with E-state index in [1.807, 2.05) is 0 Å². The van der Waals surface area contributed by atoms with Crippen LogP contribution in [0.25, 0.3) is 0 Å². The van der Waals surface area contributed by atoms with Crippen LogP contribution in [0, 0.1) is 11.3 Å². The molecule has 0 aromatic rings. The van der Waals surface area contributed by atoms with Crippen LogP contribution in [0.15, 0.2) is 12.2 Å². The second-order valence-electron chi connectivity index (χ2n) is 1.38. The average Bonchev–Trinajstić information content (AvgIpc) is 1.80. The molecule has 0 aromatic heterocycles. The van der Waals surface area contributed by atoms with Crippen LogP contribution in [-0.2, 0) is 10.7 Å². The Balaban J connectivity index is 3.33. The Hall–Kier alpha value is -0.820. The molecular weight excluding hydrogens is 138 g/mol. The van der Waals surface area contributed by atoms with Gasteiger partial charge in [0.1, 0.15) is 10.7 Å². The highest BCUT2D eigenvalue weighted by Crippen LogP contribution is 1.81. The van der Waals surface area contributed by atoms with Crippen LogP contribution < -0.4 is 0 Å². The second kappa shape index (κ2) is 5.32. The normalized spacial score (nSPS) is 10.2. The van der Waals surface area contributed by atoms with Gasteiger partial charge >= 0.3 is 0 Å². The Bertz CT molecular complexity index is 191. The first-order chi connectivity index (χ1) is 4.27. The first-order valence-corrected chi connectivity index (χ1v) is 3.80. The van der Waals surface area contributed by atoms with Crippen molar-refractivity contribution in [3.05, 3.63) is 12.2 Å². The number of hydrogen-bond donors (Lipinski definition) is 1. The molecule has 3 nitrogen and oxygen atoms in total. The monoisotopic (exact) mass is 145 g/mol. The van der Waals surface area contributed by atoms with Gasteiger partial charge in [-0.25, -0.2) is 8.42 Å². The molecule has 0 spiro atoms. The second-order valence-corrected chi connectivity index (χ2v) is 2.49. The quantitative estimate of drug-likeness (QED) is 0.451. The Morgan fingerprint density at radius 3 is 2.67 bits per heavy atom. The first-order valence-electron chi connectivity index (χ1n) is 2.44. The minimum absolute atomic E-state index is 0.132. The predicted octanol–water partition coefficient (Wildman–Crippen LogP) is 0.0677. The highest BCUT2D eigenvalue weighted by Gasteiger charge is 1.80. The molecule has 0 aromatic carbocycles. The van der Waals surface area contributed by atoms with E-state index in [1.54, 1.807) is 6.07 Å². The van der Waals surface area contributed by atoms with Crippen LogP contribution >= 0.6 is 0 Å². The zero-order valence-electron chi connectivity index (χ0n) is 4.78. The lowest BCUT2D eigenvalue weighted by Gasteiger charge is -1.77. The van der Waals surface area contributed by atoms with Gasteiger partial charge in [0, 0.05) is 6.08 Å². The third-order valence-corrected chi connectivity index (χ3v) is 1.29. The Labute approximate surface area is 55.6 Å². The fourth-order valence-corrected chi connectivity index (χ4v) is 0.676. The van der Waals surface area contributed by atoms with Crippen molar-refractivity contribution in [3.8, 4) is 6.07 Å². The molecule has 0 radical (unpaired) electrons. The van der Waals surface area contributed by atoms with E-state index in [0.29, 0.717) is 6.42 Å². The van der Waals surface area contributed by atoms with E-state index in [-0.39, 0.29) is 5.75 Å². The molecule has 0 saturated heterocycles. The van der Waals surface area contributed by atoms with Gasteiger partial charge in [-0.15, -0.1) is 0 Å². The lowest BCUT2D eigenvalue weighted by Crippen LogP contribution is -1.82. The molecular formula is C5H7NO2S. The van der Waals surface area contributed by atoms with E-state index >= 15 is 0 Å². The summed E-state index contributed by atoms with van der Waals surface area (Å²) in [6.45, 7) is 0. The Morgan fingerprint density at radius 2 is 2.22 bits per heavy atom. The summed E-state index contributed by atoms with van der Waals surface area (Å²) in [5.41, 5.74) is 0. The summed E-state index contributed by atoms with van der Waals surface area (Å²) in [4.78, 5) is 0. The molecule has 0 amide bonds. The van der Waals surface area contributed by atoms with Crippen molar-refractivity contribution in [3.63, 3.8) is 0 Å². The maximum absolute atomic E-state index is 9.88. The average molecular weight is 145 g/mol. The molecule has 0 bridgehead atoms. The van der Waals surface area contributed by atoms with Crippen LogP contribution in [0.1, 0.15) is 6.42 Å². The fourth-order valence-electron chi connectivity index (χ4n) is 0.316. The maximum atomic E-state index is 9.88. The smallest absolute Gasteiger partial charge is 0.140 e. The topological polar surface area (TPSA) is 57.9 Å². The van der Waals surface area contributed by atoms with E-state index in [4.69, 9.17) is 5.26 Å². The fraction of sp³-hybridized carbons (Fsp3) is 0.400. The summed E-state index contributed by atoms with van der Waals surface area (Å²) < 4.78 is 19.8. The van der Waals surface area contributed by atoms with Gasteiger partial charge in [-0.05, 0) is 6.42 Å². The zero-order chi connectivity index (χ0) is 7.11.